The van der Waals surface area contributed by atoms with Crippen molar-refractivity contribution in [1.82, 2.24) is 16.0 Å². The standard InChI is InChI=1S/C24H37N3O5/c1-14(2)12-19(23(31)32)26-22(30)20(24(5,6)7)27-21(29)18(25-16(4)28)13-17-11-9-8-10-15(17)3/h8-11,14,18-20H,12-13H2,1-7H3,(H,25,28)(H,26,30)(H,27,29)(H,31,32). The summed E-state index contributed by atoms with van der Waals surface area (Å²) >= 11 is 0. The van der Waals surface area contributed by atoms with Crippen molar-refractivity contribution in [3.63, 3.8) is 0 Å². The lowest BCUT2D eigenvalue weighted by Gasteiger charge is -2.33. The highest BCUT2D eigenvalue weighted by atomic mass is 16.4. The van der Waals surface area contributed by atoms with Gasteiger partial charge in [0.15, 0.2) is 0 Å². The summed E-state index contributed by atoms with van der Waals surface area (Å²) in [6.45, 7) is 12.3. The van der Waals surface area contributed by atoms with E-state index in [9.17, 15) is 24.3 Å². The third-order valence-electron chi connectivity index (χ3n) is 5.12. The van der Waals surface area contributed by atoms with E-state index in [1.807, 2.05) is 45.0 Å². The summed E-state index contributed by atoms with van der Waals surface area (Å²) in [4.78, 5) is 49.5. The second-order valence-electron chi connectivity index (χ2n) is 9.72. The number of hydrogen-bond donors (Lipinski definition) is 4. The summed E-state index contributed by atoms with van der Waals surface area (Å²) in [6, 6.07) is 4.63. The van der Waals surface area contributed by atoms with Gasteiger partial charge in [-0.2, -0.15) is 0 Å². The third kappa shape index (κ3) is 8.69. The molecule has 1 rings (SSSR count). The van der Waals surface area contributed by atoms with Crippen LogP contribution < -0.4 is 16.0 Å². The van der Waals surface area contributed by atoms with Crippen LogP contribution in [0.5, 0.6) is 0 Å². The molecular formula is C24H37N3O5. The number of amides is 3. The molecule has 0 aromatic heterocycles. The van der Waals surface area contributed by atoms with Gasteiger partial charge in [0.05, 0.1) is 0 Å². The second kappa shape index (κ2) is 11.6. The predicted octanol–water partition coefficient (Wildman–Crippen LogP) is 2.19. The highest BCUT2D eigenvalue weighted by molar-refractivity contribution is 5.93. The molecule has 0 aliphatic heterocycles. The highest BCUT2D eigenvalue weighted by Gasteiger charge is 2.36. The second-order valence-corrected chi connectivity index (χ2v) is 9.72. The lowest BCUT2D eigenvalue weighted by molar-refractivity contribution is -0.143. The normalized spacial score (nSPS) is 14.2. The zero-order valence-corrected chi connectivity index (χ0v) is 20.1. The summed E-state index contributed by atoms with van der Waals surface area (Å²) < 4.78 is 0. The molecule has 0 saturated carbocycles. The molecule has 0 radical (unpaired) electrons. The number of carboxylic acid groups (broad SMARTS) is 1. The molecule has 0 spiro atoms. The van der Waals surface area contributed by atoms with Crippen LogP contribution in [0.1, 0.15) is 59.1 Å². The van der Waals surface area contributed by atoms with Crippen molar-refractivity contribution in [2.75, 3.05) is 0 Å². The monoisotopic (exact) mass is 447 g/mol. The lowest BCUT2D eigenvalue weighted by atomic mass is 9.85. The van der Waals surface area contributed by atoms with Gasteiger partial charge in [-0.25, -0.2) is 4.79 Å². The van der Waals surface area contributed by atoms with E-state index >= 15 is 0 Å². The van der Waals surface area contributed by atoms with Gasteiger partial charge < -0.3 is 21.1 Å². The van der Waals surface area contributed by atoms with Crippen LogP contribution in [0, 0.1) is 18.3 Å². The van der Waals surface area contributed by atoms with Crippen molar-refractivity contribution >= 4 is 23.7 Å². The molecule has 0 aliphatic carbocycles. The number of aryl methyl sites for hydroxylation is 1. The van der Waals surface area contributed by atoms with Crippen molar-refractivity contribution in [2.45, 2.75) is 79.4 Å². The van der Waals surface area contributed by atoms with E-state index in [2.05, 4.69) is 16.0 Å². The van der Waals surface area contributed by atoms with Gasteiger partial charge in [-0.15, -0.1) is 0 Å². The molecule has 4 N–H and O–H groups in total. The quantitative estimate of drug-likeness (QED) is 0.438. The average molecular weight is 448 g/mol. The fourth-order valence-corrected chi connectivity index (χ4v) is 3.38. The van der Waals surface area contributed by atoms with E-state index in [0.717, 1.165) is 11.1 Å². The maximum atomic E-state index is 13.1. The zero-order chi connectivity index (χ0) is 24.6. The van der Waals surface area contributed by atoms with Gasteiger partial charge in [0.2, 0.25) is 17.7 Å². The molecule has 0 bridgehead atoms. The van der Waals surface area contributed by atoms with Gasteiger partial charge in [0.25, 0.3) is 0 Å². The molecule has 178 valence electrons. The first-order valence-corrected chi connectivity index (χ1v) is 10.9. The van der Waals surface area contributed by atoms with E-state index in [1.165, 1.54) is 6.92 Å². The van der Waals surface area contributed by atoms with Crippen LogP contribution in [0.3, 0.4) is 0 Å². The minimum atomic E-state index is -1.12. The molecule has 3 amide bonds. The summed E-state index contributed by atoms with van der Waals surface area (Å²) in [5, 5.41) is 17.4. The number of carbonyl (C=O) groups excluding carboxylic acids is 3. The topological polar surface area (TPSA) is 125 Å². The minimum absolute atomic E-state index is 0.0670. The predicted molar refractivity (Wildman–Crippen MR) is 123 cm³/mol. The molecule has 1 aromatic carbocycles. The molecule has 3 unspecified atom stereocenters. The number of rotatable bonds is 10. The molecule has 0 saturated heterocycles. The molecule has 8 heteroatoms. The average Bonchev–Trinajstić information content (AvgIpc) is 2.64. The molecule has 1 aromatic rings. The van der Waals surface area contributed by atoms with Crippen LogP contribution in [0.4, 0.5) is 0 Å². The fraction of sp³-hybridized carbons (Fsp3) is 0.583. The Hall–Kier alpha value is -2.90. The van der Waals surface area contributed by atoms with Crippen LogP contribution in [-0.2, 0) is 25.6 Å². The van der Waals surface area contributed by atoms with Crippen molar-refractivity contribution in [3.8, 4) is 0 Å². The Morgan fingerprint density at radius 2 is 1.53 bits per heavy atom. The molecule has 0 aliphatic rings. The molecular weight excluding hydrogens is 410 g/mol. The van der Waals surface area contributed by atoms with Gasteiger partial charge in [-0.05, 0) is 35.8 Å². The smallest absolute Gasteiger partial charge is 0.326 e. The van der Waals surface area contributed by atoms with E-state index in [0.29, 0.717) is 0 Å². The number of nitrogens with one attached hydrogen (secondary N) is 3. The van der Waals surface area contributed by atoms with E-state index in [1.54, 1.807) is 20.8 Å². The summed E-state index contributed by atoms with van der Waals surface area (Å²) in [5.74, 6) is -2.50. The number of carbonyl (C=O) groups is 4. The fourth-order valence-electron chi connectivity index (χ4n) is 3.38. The first-order valence-electron chi connectivity index (χ1n) is 10.9. The van der Waals surface area contributed by atoms with Crippen molar-refractivity contribution in [1.29, 1.82) is 0 Å². The zero-order valence-electron chi connectivity index (χ0n) is 20.1. The summed E-state index contributed by atoms with van der Waals surface area (Å²) in [7, 11) is 0. The Morgan fingerprint density at radius 1 is 0.938 bits per heavy atom. The van der Waals surface area contributed by atoms with Gasteiger partial charge in [-0.1, -0.05) is 58.9 Å². The molecule has 3 atom stereocenters. The van der Waals surface area contributed by atoms with Crippen LogP contribution in [0.2, 0.25) is 0 Å². The Balaban J connectivity index is 3.09. The molecule has 8 nitrogen and oxygen atoms in total. The van der Waals surface area contributed by atoms with E-state index in [4.69, 9.17) is 0 Å². The van der Waals surface area contributed by atoms with Crippen molar-refractivity contribution in [2.24, 2.45) is 11.3 Å². The molecule has 0 fully saturated rings. The van der Waals surface area contributed by atoms with E-state index in [-0.39, 0.29) is 24.7 Å². The Bertz CT molecular complexity index is 829. The van der Waals surface area contributed by atoms with Gasteiger partial charge in [0, 0.05) is 13.3 Å². The largest absolute Gasteiger partial charge is 0.480 e. The SMILES string of the molecule is CC(=O)NC(Cc1ccccc1C)C(=O)NC(C(=O)NC(CC(C)C)C(=O)O)C(C)(C)C. The first-order chi connectivity index (χ1) is 14.7. The lowest BCUT2D eigenvalue weighted by Crippen LogP contribution is -2.60. The third-order valence-corrected chi connectivity index (χ3v) is 5.12. The van der Waals surface area contributed by atoms with E-state index < -0.39 is 41.3 Å². The Kier molecular flexibility index (Phi) is 9.87. The Labute approximate surface area is 190 Å². The van der Waals surface area contributed by atoms with Crippen molar-refractivity contribution in [3.05, 3.63) is 35.4 Å². The maximum Gasteiger partial charge on any atom is 0.326 e. The highest BCUT2D eigenvalue weighted by Crippen LogP contribution is 2.21. The van der Waals surface area contributed by atoms with Gasteiger partial charge in [-0.3, -0.25) is 14.4 Å². The summed E-state index contributed by atoms with van der Waals surface area (Å²) in [6.07, 6.45) is 0.537. The van der Waals surface area contributed by atoms with Crippen LogP contribution in [-0.4, -0.2) is 46.9 Å². The number of aliphatic carboxylic acids is 1. The number of hydrogen-bond acceptors (Lipinski definition) is 4. The summed E-state index contributed by atoms with van der Waals surface area (Å²) in [5.41, 5.74) is 1.20. The van der Waals surface area contributed by atoms with Crippen LogP contribution in [0.15, 0.2) is 24.3 Å². The van der Waals surface area contributed by atoms with Crippen LogP contribution in [0.25, 0.3) is 0 Å². The first kappa shape index (κ1) is 27.1. The minimum Gasteiger partial charge on any atom is -0.480 e. The maximum absolute atomic E-state index is 13.1. The van der Waals surface area contributed by atoms with Gasteiger partial charge in [0.1, 0.15) is 18.1 Å². The molecule has 0 heterocycles. The van der Waals surface area contributed by atoms with Crippen LogP contribution >= 0.6 is 0 Å². The number of benzene rings is 1. The Morgan fingerprint density at radius 3 is 2.00 bits per heavy atom. The van der Waals surface area contributed by atoms with Crippen molar-refractivity contribution < 1.29 is 24.3 Å². The molecule has 32 heavy (non-hydrogen) atoms. The number of carboxylic acids is 1. The van der Waals surface area contributed by atoms with Gasteiger partial charge >= 0.3 is 5.97 Å².